The third-order valence-corrected chi connectivity index (χ3v) is 9.61. The van der Waals surface area contributed by atoms with Crippen LogP contribution in [0.5, 0.6) is 0 Å². The van der Waals surface area contributed by atoms with Crippen LogP contribution in [0.3, 0.4) is 0 Å². The molecule has 0 aliphatic carbocycles. The van der Waals surface area contributed by atoms with Gasteiger partial charge in [0, 0.05) is 31.6 Å². The van der Waals surface area contributed by atoms with E-state index in [1.807, 2.05) is 75.4 Å². The van der Waals surface area contributed by atoms with Gasteiger partial charge >= 0.3 is 0 Å². The molecule has 0 saturated carbocycles. The lowest BCUT2D eigenvalue weighted by Gasteiger charge is -2.34. The topological polar surface area (TPSA) is 211 Å². The van der Waals surface area contributed by atoms with Gasteiger partial charge in [-0.25, -0.2) is 5.48 Å². The zero-order chi connectivity index (χ0) is 41.0. The number of aromatic nitrogens is 4. The van der Waals surface area contributed by atoms with Crippen molar-refractivity contribution < 1.29 is 29.2 Å². The third kappa shape index (κ3) is 13.6. The maximum atomic E-state index is 13.7. The maximum absolute atomic E-state index is 13.7. The molecule has 0 fully saturated rings. The summed E-state index contributed by atoms with van der Waals surface area (Å²) in [5, 5.41) is 31.8. The van der Waals surface area contributed by atoms with Gasteiger partial charge in [-0.1, -0.05) is 119 Å². The number of rotatable bonds is 23. The van der Waals surface area contributed by atoms with Gasteiger partial charge in [0.2, 0.25) is 29.5 Å². The van der Waals surface area contributed by atoms with E-state index in [-0.39, 0.29) is 30.7 Å². The van der Waals surface area contributed by atoms with Crippen LogP contribution in [0.4, 0.5) is 0 Å². The van der Waals surface area contributed by atoms with Gasteiger partial charge in [-0.15, -0.1) is 10.2 Å². The van der Waals surface area contributed by atoms with Gasteiger partial charge in [-0.2, -0.15) is 5.21 Å². The van der Waals surface area contributed by atoms with Crippen molar-refractivity contribution in [2.75, 3.05) is 19.6 Å². The molecule has 1 aromatic heterocycles. The lowest BCUT2D eigenvalue weighted by Crippen LogP contribution is -2.52. The monoisotopic (exact) mass is 781 g/mol. The number of hydrogen-bond donors (Lipinski definition) is 6. The summed E-state index contributed by atoms with van der Waals surface area (Å²) in [6.07, 6.45) is 5.10. The zero-order valence-electron chi connectivity index (χ0n) is 33.0. The normalized spacial score (nSPS) is 12.0. The quantitative estimate of drug-likeness (QED) is 0.0273. The Labute approximate surface area is 333 Å². The molecule has 4 aromatic rings. The van der Waals surface area contributed by atoms with E-state index in [0.29, 0.717) is 38.3 Å². The molecule has 3 aromatic carbocycles. The van der Waals surface area contributed by atoms with E-state index in [4.69, 9.17) is 5.21 Å². The van der Waals surface area contributed by atoms with Crippen molar-refractivity contribution in [1.82, 2.24) is 47.0 Å². The lowest BCUT2D eigenvalue weighted by molar-refractivity contribution is -0.143. The van der Waals surface area contributed by atoms with Gasteiger partial charge in [0.1, 0.15) is 12.0 Å². The summed E-state index contributed by atoms with van der Waals surface area (Å²) in [5.74, 6) is -2.95. The molecule has 2 unspecified atom stereocenters. The van der Waals surface area contributed by atoms with Gasteiger partial charge in [0.05, 0.1) is 6.54 Å². The van der Waals surface area contributed by atoms with Crippen LogP contribution in [0, 0.1) is 11.8 Å². The van der Waals surface area contributed by atoms with Crippen molar-refractivity contribution in [3.63, 3.8) is 0 Å². The Balaban J connectivity index is 1.22. The van der Waals surface area contributed by atoms with Crippen LogP contribution < -0.4 is 21.4 Å². The van der Waals surface area contributed by atoms with Gasteiger partial charge < -0.3 is 20.9 Å². The summed E-state index contributed by atoms with van der Waals surface area (Å²) in [5.41, 5.74) is 5.94. The van der Waals surface area contributed by atoms with Crippen molar-refractivity contribution >= 4 is 29.5 Å². The summed E-state index contributed by atoms with van der Waals surface area (Å²) in [7, 11) is 0. The first kappa shape index (κ1) is 43.8. The van der Waals surface area contributed by atoms with Gasteiger partial charge in [0.15, 0.2) is 0 Å². The summed E-state index contributed by atoms with van der Waals surface area (Å²) < 4.78 is 0. The number of amides is 5. The van der Waals surface area contributed by atoms with Crippen LogP contribution in [0.15, 0.2) is 78.9 Å². The predicted octanol–water partition coefficient (Wildman–Crippen LogP) is 4.35. The largest absolute Gasteiger partial charge is 0.355 e. The minimum absolute atomic E-state index is 0.0542. The first-order chi connectivity index (χ1) is 27.6. The van der Waals surface area contributed by atoms with E-state index in [1.54, 1.807) is 29.2 Å². The molecular weight excluding hydrogens is 727 g/mol. The summed E-state index contributed by atoms with van der Waals surface area (Å²) in [6.45, 7) is 6.81. The fraction of sp³-hybridized carbons (Fsp3) is 0.429. The molecule has 2 atom stereocenters. The van der Waals surface area contributed by atoms with Crippen LogP contribution in [-0.4, -0.2) is 85.9 Å². The number of tetrazole rings is 1. The summed E-state index contributed by atoms with van der Waals surface area (Å²) >= 11 is 0. The highest BCUT2D eigenvalue weighted by Crippen LogP contribution is 2.30. The first-order valence-electron chi connectivity index (χ1n) is 19.6. The van der Waals surface area contributed by atoms with E-state index in [1.165, 1.54) is 5.48 Å². The molecule has 5 amide bonds. The number of hydrogen-bond acceptors (Lipinski definition) is 9. The smallest absolute Gasteiger partial charge is 0.256 e. The SMILES string of the molecule is CCCCC(=O)N(Cc1ccc(-c2ccccc2-c2nn[nH]n2)cc1)C(C(=O)NCCCCCCNC(=O)CNC(=O)C(Cc1ccccc1)C(=O)NO)C(C)C. The minimum Gasteiger partial charge on any atom is -0.355 e. The predicted molar refractivity (Wildman–Crippen MR) is 215 cm³/mol. The number of benzene rings is 3. The Bertz CT molecular complexity index is 1870. The van der Waals surface area contributed by atoms with E-state index in [0.717, 1.165) is 59.9 Å². The highest BCUT2D eigenvalue weighted by molar-refractivity contribution is 6.01. The number of nitrogens with zero attached hydrogens (tertiary/aromatic N) is 4. The Morgan fingerprint density at radius 3 is 2.04 bits per heavy atom. The number of carbonyl (C=O) groups excluding carboxylic acids is 5. The van der Waals surface area contributed by atoms with Crippen molar-refractivity contribution in [2.45, 2.75) is 84.7 Å². The number of carbonyl (C=O) groups is 5. The second-order valence-corrected chi connectivity index (χ2v) is 14.3. The number of hydroxylamine groups is 1. The molecule has 6 N–H and O–H groups in total. The highest BCUT2D eigenvalue weighted by Gasteiger charge is 2.32. The van der Waals surface area contributed by atoms with Crippen LogP contribution in [-0.2, 0) is 36.9 Å². The molecular formula is C42H55N9O6. The molecule has 304 valence electrons. The number of H-pyrrole nitrogens is 1. The number of nitrogens with one attached hydrogen (secondary N) is 5. The number of aromatic amines is 1. The van der Waals surface area contributed by atoms with E-state index in [2.05, 4.69) is 36.6 Å². The summed E-state index contributed by atoms with van der Waals surface area (Å²) in [6, 6.07) is 24.1. The lowest BCUT2D eigenvalue weighted by atomic mass is 9.97. The van der Waals surface area contributed by atoms with Crippen LogP contribution in [0.25, 0.3) is 22.5 Å². The van der Waals surface area contributed by atoms with Gasteiger partial charge in [-0.05, 0) is 59.1 Å². The van der Waals surface area contributed by atoms with E-state index >= 15 is 0 Å². The van der Waals surface area contributed by atoms with Crippen molar-refractivity contribution in [1.29, 1.82) is 0 Å². The van der Waals surface area contributed by atoms with Crippen LogP contribution >= 0.6 is 0 Å². The Morgan fingerprint density at radius 2 is 1.40 bits per heavy atom. The molecule has 0 radical (unpaired) electrons. The minimum atomic E-state index is -1.19. The second kappa shape index (κ2) is 23.2. The van der Waals surface area contributed by atoms with Crippen LogP contribution in [0.2, 0.25) is 0 Å². The zero-order valence-corrected chi connectivity index (χ0v) is 33.0. The molecule has 15 heteroatoms. The number of unbranched alkanes of at least 4 members (excludes halogenated alkanes) is 4. The molecule has 0 spiro atoms. The third-order valence-electron chi connectivity index (χ3n) is 9.61. The van der Waals surface area contributed by atoms with Gasteiger partial charge in [-0.3, -0.25) is 29.2 Å². The molecule has 15 nitrogen and oxygen atoms in total. The average molecular weight is 782 g/mol. The molecule has 57 heavy (non-hydrogen) atoms. The Morgan fingerprint density at radius 1 is 0.737 bits per heavy atom. The average Bonchev–Trinajstić information content (AvgIpc) is 3.77. The Hall–Kier alpha value is -5.96. The highest BCUT2D eigenvalue weighted by atomic mass is 16.5. The molecule has 4 rings (SSSR count). The fourth-order valence-electron chi connectivity index (χ4n) is 6.54. The molecule has 0 saturated heterocycles. The fourth-order valence-corrected chi connectivity index (χ4v) is 6.54. The molecule has 0 aliphatic heterocycles. The van der Waals surface area contributed by atoms with E-state index < -0.39 is 29.7 Å². The Kier molecular flexibility index (Phi) is 17.8. The van der Waals surface area contributed by atoms with Crippen molar-refractivity contribution in [2.24, 2.45) is 11.8 Å². The van der Waals surface area contributed by atoms with Crippen LogP contribution in [0.1, 0.15) is 76.8 Å². The van der Waals surface area contributed by atoms with Crippen molar-refractivity contribution in [3.05, 3.63) is 90.0 Å². The first-order valence-corrected chi connectivity index (χ1v) is 19.6. The summed E-state index contributed by atoms with van der Waals surface area (Å²) in [4.78, 5) is 66.0. The standard InChI is InChI=1S/C42H55N9O6/c1-4-5-19-37(53)51(28-31-20-22-32(23-21-31)33-17-11-12-18-34(33)39-46-49-50-47-39)38(29(2)3)42(56)44-25-14-7-6-13-24-43-36(52)27-45-40(54)35(41(55)48-57)26-30-15-9-8-10-16-30/h8-12,15-18,20-23,29,35,38,57H,4-7,13-14,19,24-28H2,1-3H3,(H,43,52)(H,44,56)(H,45,54)(H,48,55)(H,46,47,49,50). The molecule has 1 heterocycles. The van der Waals surface area contributed by atoms with Gasteiger partial charge in [0.25, 0.3) is 5.91 Å². The van der Waals surface area contributed by atoms with Crippen molar-refractivity contribution in [3.8, 4) is 22.5 Å². The second-order valence-electron chi connectivity index (χ2n) is 14.3. The molecule has 0 bridgehead atoms. The van der Waals surface area contributed by atoms with E-state index in [9.17, 15) is 24.0 Å². The molecule has 0 aliphatic rings. The maximum Gasteiger partial charge on any atom is 0.256 e.